The van der Waals surface area contributed by atoms with E-state index in [-0.39, 0.29) is 107 Å². The minimum absolute atomic E-state index is 0. The minimum atomic E-state index is -0.586. The van der Waals surface area contributed by atoms with Gasteiger partial charge in [-0.2, -0.15) is 27.7 Å². The van der Waals surface area contributed by atoms with E-state index >= 15 is 0 Å². The van der Waals surface area contributed by atoms with Crippen molar-refractivity contribution in [1.82, 2.24) is 21.3 Å². The quantitative estimate of drug-likeness (QED) is 0.0372. The average Bonchev–Trinajstić information content (AvgIpc) is 3.23. The van der Waals surface area contributed by atoms with Crippen molar-refractivity contribution in [3.63, 3.8) is 0 Å². The molecule has 0 fully saturated rings. The Hall–Kier alpha value is -0.390. The third kappa shape index (κ3) is 47.6. The Morgan fingerprint density at radius 1 is 0.387 bits per heavy atom. The molecule has 0 aromatic heterocycles. The van der Waals surface area contributed by atoms with Crippen LogP contribution in [0.2, 0.25) is 0 Å². The van der Waals surface area contributed by atoms with Crippen molar-refractivity contribution in [2.24, 2.45) is 11.8 Å². The van der Waals surface area contributed by atoms with Crippen LogP contribution < -0.4 is 21.3 Å². The molecule has 10 nitrogen and oxygen atoms in total. The first-order valence-electron chi connectivity index (χ1n) is 24.3. The first-order valence-corrected chi connectivity index (χ1v) is 24.3. The predicted octanol–water partition coefficient (Wildman–Crippen LogP) is 11.3. The zero-order chi connectivity index (χ0) is 46.4. The number of nitrogens with one attached hydrogen (secondary N) is 4. The van der Waals surface area contributed by atoms with Crippen LogP contribution in [-0.2, 0) is 28.8 Å². The van der Waals surface area contributed by atoms with Gasteiger partial charge in [0, 0.05) is 83.0 Å². The van der Waals surface area contributed by atoms with E-state index in [0.717, 1.165) is 128 Å². The Morgan fingerprint density at radius 2 is 0.613 bits per heavy atom. The first-order chi connectivity index (χ1) is 28.8. The second-order valence-electron chi connectivity index (χ2n) is 16.4. The molecule has 0 aliphatic carbocycles. The standard InChI is InChI=1S/2C22H41N2O3.2C3H7.2La/c2*1-5-8-11-14-18(4)21(26)24-20(16-13-10-7-3)22(27)23-19(17-25)15-12-9-6-2;2*1-3-2;;/h2*18-20H,5-16H2,1-4H3,(H,23,27)(H,24,26);2*3H,1-2H3;;/q4*-1;;. The number of hydrogen-bond donors (Lipinski definition) is 4. The molecule has 0 spiro atoms. The SMILES string of the molecule is CCCCCC([C-]=O)NC(=O)C(CCCCC)NC(=O)C(C)CCCCC.CCCCCC([C-]=O)NC(=O)C(CCCCC)NC(=O)C(C)CCCCC.C[CH-]C.C[CH-]C.[La].[La]. The summed E-state index contributed by atoms with van der Waals surface area (Å²) in [6.07, 6.45) is 30.3. The number of carbonyl (C=O) groups excluding carboxylic acids is 6. The van der Waals surface area contributed by atoms with Crippen LogP contribution in [0.5, 0.6) is 0 Å². The maximum Gasteiger partial charge on any atom is 0.240 e. The molecule has 362 valence electrons. The monoisotopic (exact) mass is 1130 g/mol. The van der Waals surface area contributed by atoms with Gasteiger partial charge in [0.2, 0.25) is 23.6 Å². The molecule has 0 heterocycles. The molecular formula is C50H96La2N4O6-4. The van der Waals surface area contributed by atoms with Gasteiger partial charge in [-0.25, -0.2) is 12.6 Å². The normalized spacial score (nSPS) is 13.0. The van der Waals surface area contributed by atoms with Crippen molar-refractivity contribution in [3.05, 3.63) is 12.8 Å². The van der Waals surface area contributed by atoms with Gasteiger partial charge in [-0.1, -0.05) is 196 Å². The molecule has 0 aliphatic heterocycles. The molecule has 0 aromatic carbocycles. The summed E-state index contributed by atoms with van der Waals surface area (Å²) in [4.78, 5) is 72.6. The van der Waals surface area contributed by atoms with Crippen LogP contribution in [-0.4, -0.2) is 60.4 Å². The number of amides is 4. The molecule has 6 unspecified atom stereocenters. The third-order valence-electron chi connectivity index (χ3n) is 9.95. The van der Waals surface area contributed by atoms with E-state index in [9.17, 15) is 28.8 Å². The number of carbonyl (C=O) groups is 4. The van der Waals surface area contributed by atoms with Crippen LogP contribution in [0.25, 0.3) is 0 Å². The van der Waals surface area contributed by atoms with Gasteiger partial charge in [-0.3, -0.25) is 19.2 Å². The minimum Gasteiger partial charge on any atom is -0.540 e. The van der Waals surface area contributed by atoms with Gasteiger partial charge in [-0.15, -0.1) is 0 Å². The summed E-state index contributed by atoms with van der Waals surface area (Å²) in [5.41, 5.74) is 0. The summed E-state index contributed by atoms with van der Waals surface area (Å²) in [7, 11) is 0. The largest absolute Gasteiger partial charge is 0.540 e. The van der Waals surface area contributed by atoms with Crippen LogP contribution >= 0.6 is 0 Å². The molecule has 0 aromatic rings. The molecule has 12 heteroatoms. The Bertz CT molecular complexity index is 944. The molecular weight excluding hydrogens is 1030 g/mol. The molecule has 0 aliphatic rings. The van der Waals surface area contributed by atoms with E-state index in [2.05, 4.69) is 62.8 Å². The molecule has 0 bridgehead atoms. The van der Waals surface area contributed by atoms with Crippen molar-refractivity contribution in [2.45, 2.75) is 261 Å². The van der Waals surface area contributed by atoms with Gasteiger partial charge >= 0.3 is 0 Å². The Balaban J connectivity index is -0.000000217. The molecule has 0 saturated heterocycles. The van der Waals surface area contributed by atoms with Crippen molar-refractivity contribution in [2.75, 3.05) is 0 Å². The topological polar surface area (TPSA) is 151 Å². The van der Waals surface area contributed by atoms with Crippen LogP contribution in [0.15, 0.2) is 0 Å². The van der Waals surface area contributed by atoms with Crippen LogP contribution in [0, 0.1) is 95.9 Å². The van der Waals surface area contributed by atoms with Crippen molar-refractivity contribution >= 4 is 36.2 Å². The van der Waals surface area contributed by atoms with Crippen molar-refractivity contribution in [3.8, 4) is 0 Å². The summed E-state index contributed by atoms with van der Waals surface area (Å²) in [6, 6.07) is -2.31. The number of hydrogen-bond acceptors (Lipinski definition) is 6. The number of unbranched alkanes of at least 4 members (excludes halogenated alkanes) is 12. The Labute approximate surface area is 439 Å². The predicted molar refractivity (Wildman–Crippen MR) is 254 cm³/mol. The zero-order valence-electron chi connectivity index (χ0n) is 42.2. The maximum atomic E-state index is 12.7. The molecule has 62 heavy (non-hydrogen) atoms. The van der Waals surface area contributed by atoms with Crippen molar-refractivity contribution in [1.29, 1.82) is 0 Å². The summed E-state index contributed by atoms with van der Waals surface area (Å²) >= 11 is 0. The van der Waals surface area contributed by atoms with Gasteiger partial charge in [0.05, 0.1) is 0 Å². The molecule has 2 radical (unpaired) electrons. The maximum absolute atomic E-state index is 12.7. The van der Waals surface area contributed by atoms with Gasteiger partial charge in [0.15, 0.2) is 0 Å². The van der Waals surface area contributed by atoms with E-state index < -0.39 is 24.2 Å². The Kier molecular flexibility index (Phi) is 67.0. The molecule has 6 atom stereocenters. The van der Waals surface area contributed by atoms with E-state index in [1.807, 2.05) is 67.0 Å². The molecule has 4 N–H and O–H groups in total. The van der Waals surface area contributed by atoms with E-state index in [0.29, 0.717) is 25.7 Å². The zero-order valence-corrected chi connectivity index (χ0v) is 49.4. The fourth-order valence-corrected chi connectivity index (χ4v) is 6.09. The number of rotatable bonds is 34. The average molecular weight is 1130 g/mol. The van der Waals surface area contributed by atoms with E-state index in [1.165, 1.54) is 0 Å². The summed E-state index contributed by atoms with van der Waals surface area (Å²) < 4.78 is 0. The summed E-state index contributed by atoms with van der Waals surface area (Å²) in [5, 5.41) is 11.4. The first kappa shape index (κ1) is 73.2. The second kappa shape index (κ2) is 56.7. The van der Waals surface area contributed by atoms with Gasteiger partial charge in [0.25, 0.3) is 0 Å². The van der Waals surface area contributed by atoms with Gasteiger partial charge in [0.1, 0.15) is 12.1 Å². The third-order valence-corrected chi connectivity index (χ3v) is 9.95. The fraction of sp³-hybridized carbons (Fsp3) is 0.840. The van der Waals surface area contributed by atoms with Crippen LogP contribution in [0.1, 0.15) is 237 Å². The van der Waals surface area contributed by atoms with E-state index in [1.54, 1.807) is 0 Å². The van der Waals surface area contributed by atoms with E-state index in [4.69, 9.17) is 0 Å². The van der Waals surface area contributed by atoms with Crippen LogP contribution in [0.4, 0.5) is 0 Å². The van der Waals surface area contributed by atoms with Gasteiger partial charge < -0.3 is 43.7 Å². The second-order valence-corrected chi connectivity index (χ2v) is 16.4. The van der Waals surface area contributed by atoms with Crippen molar-refractivity contribution < 1.29 is 100.0 Å². The molecule has 0 rings (SSSR count). The van der Waals surface area contributed by atoms with Crippen LogP contribution in [0.3, 0.4) is 0 Å². The smallest absolute Gasteiger partial charge is 0.240 e. The van der Waals surface area contributed by atoms with Gasteiger partial charge in [-0.05, 0) is 25.7 Å². The molecule has 0 saturated carbocycles. The Morgan fingerprint density at radius 3 is 0.839 bits per heavy atom. The summed E-state index contributed by atoms with van der Waals surface area (Å²) in [6.45, 7) is 24.5. The molecule has 4 amide bonds. The summed E-state index contributed by atoms with van der Waals surface area (Å²) in [5.74, 6) is -0.858. The fourth-order valence-electron chi connectivity index (χ4n) is 6.09.